The lowest BCUT2D eigenvalue weighted by Gasteiger charge is -2.36. The molecule has 192 valence electrons. The summed E-state index contributed by atoms with van der Waals surface area (Å²) in [6.45, 7) is 15.4. The fraction of sp³-hybridized carbons (Fsp3) is 0.654. The third-order valence-electron chi connectivity index (χ3n) is 5.26. The molecule has 0 radical (unpaired) electrons. The first-order valence-corrected chi connectivity index (χ1v) is 12.7. The van der Waals surface area contributed by atoms with Gasteiger partial charge in [-0.25, -0.2) is 4.79 Å². The van der Waals surface area contributed by atoms with Crippen LogP contribution in [0.1, 0.15) is 83.5 Å². The van der Waals surface area contributed by atoms with Crippen molar-refractivity contribution in [2.24, 2.45) is 0 Å². The first kappa shape index (κ1) is 29.8. The van der Waals surface area contributed by atoms with Crippen LogP contribution < -0.4 is 10.6 Å². The van der Waals surface area contributed by atoms with Crippen LogP contribution in [0.4, 0.5) is 4.79 Å². The van der Waals surface area contributed by atoms with Gasteiger partial charge in [0.05, 0.1) is 0 Å². The van der Waals surface area contributed by atoms with Crippen LogP contribution in [-0.4, -0.2) is 52.8 Å². The van der Waals surface area contributed by atoms with Gasteiger partial charge in [-0.1, -0.05) is 38.0 Å². The van der Waals surface area contributed by atoms with E-state index >= 15 is 0 Å². The summed E-state index contributed by atoms with van der Waals surface area (Å²) in [4.78, 5) is 41.4. The molecule has 2 N–H and O–H groups in total. The van der Waals surface area contributed by atoms with E-state index in [0.717, 1.165) is 36.0 Å². The molecule has 0 saturated heterocycles. The lowest BCUT2D eigenvalue weighted by Crippen LogP contribution is -2.54. The SMILES string of the molecule is CCCCCN(C(=O)C(CS)NC(=O)OC(C)(C)C)C(C(=O)NC(C)C)c1c(C)cccc1C. The Morgan fingerprint density at radius 3 is 2.12 bits per heavy atom. The van der Waals surface area contributed by atoms with Gasteiger partial charge in [-0.05, 0) is 71.6 Å². The van der Waals surface area contributed by atoms with E-state index in [1.807, 2.05) is 45.9 Å². The van der Waals surface area contributed by atoms with Crippen molar-refractivity contribution in [2.45, 2.75) is 98.4 Å². The summed E-state index contributed by atoms with van der Waals surface area (Å²) in [6, 6.07) is 3.99. The summed E-state index contributed by atoms with van der Waals surface area (Å²) in [5, 5.41) is 5.64. The zero-order chi connectivity index (χ0) is 26.1. The second kappa shape index (κ2) is 13.6. The molecule has 0 saturated carbocycles. The summed E-state index contributed by atoms with van der Waals surface area (Å²) < 4.78 is 5.35. The van der Waals surface area contributed by atoms with E-state index in [0.29, 0.717) is 6.54 Å². The maximum atomic E-state index is 13.8. The second-order valence-electron chi connectivity index (χ2n) is 9.99. The molecule has 0 aliphatic carbocycles. The van der Waals surface area contributed by atoms with Gasteiger partial charge in [-0.3, -0.25) is 9.59 Å². The molecule has 1 aromatic carbocycles. The van der Waals surface area contributed by atoms with Gasteiger partial charge < -0.3 is 20.3 Å². The van der Waals surface area contributed by atoms with Crippen LogP contribution in [0, 0.1) is 13.8 Å². The summed E-state index contributed by atoms with van der Waals surface area (Å²) in [5.41, 5.74) is 1.97. The Kier molecular flexibility index (Phi) is 11.9. The van der Waals surface area contributed by atoms with Crippen molar-refractivity contribution < 1.29 is 19.1 Å². The van der Waals surface area contributed by atoms with Crippen LogP contribution in [-0.2, 0) is 14.3 Å². The zero-order valence-electron chi connectivity index (χ0n) is 22.0. The Balaban J connectivity index is 3.47. The summed E-state index contributed by atoms with van der Waals surface area (Å²) in [6.07, 6.45) is 1.94. The number of carbonyl (C=O) groups is 3. The zero-order valence-corrected chi connectivity index (χ0v) is 22.9. The number of hydrogen-bond donors (Lipinski definition) is 3. The van der Waals surface area contributed by atoms with Crippen LogP contribution in [0.15, 0.2) is 18.2 Å². The minimum atomic E-state index is -0.932. The predicted molar refractivity (Wildman–Crippen MR) is 140 cm³/mol. The van der Waals surface area contributed by atoms with Crippen LogP contribution in [0.3, 0.4) is 0 Å². The fourth-order valence-electron chi connectivity index (χ4n) is 3.78. The number of aryl methyl sites for hydroxylation is 2. The van der Waals surface area contributed by atoms with E-state index in [1.165, 1.54) is 0 Å². The first-order valence-electron chi connectivity index (χ1n) is 12.1. The molecule has 0 spiro atoms. The summed E-state index contributed by atoms with van der Waals surface area (Å²) in [7, 11) is 0. The normalized spacial score (nSPS) is 13.2. The standard InChI is InChI=1S/C26H43N3O4S/c1-9-10-11-15-29(24(31)20(16-34)28-25(32)33-26(6,7)8)22(23(30)27-17(2)3)21-18(4)13-12-14-19(21)5/h12-14,17,20,22,34H,9-11,15-16H2,1-8H3,(H,27,30)(H,28,32). The van der Waals surface area contributed by atoms with E-state index in [9.17, 15) is 14.4 Å². The minimum Gasteiger partial charge on any atom is -0.444 e. The van der Waals surface area contributed by atoms with Crippen LogP contribution in [0.5, 0.6) is 0 Å². The van der Waals surface area contributed by atoms with Gasteiger partial charge in [0.15, 0.2) is 0 Å². The van der Waals surface area contributed by atoms with Gasteiger partial charge in [-0.15, -0.1) is 0 Å². The first-order chi connectivity index (χ1) is 15.8. The van der Waals surface area contributed by atoms with Crippen molar-refractivity contribution in [3.05, 3.63) is 34.9 Å². The Bertz CT molecular complexity index is 816. The molecule has 0 aromatic heterocycles. The molecule has 0 aliphatic rings. The molecular weight excluding hydrogens is 450 g/mol. The number of nitrogens with one attached hydrogen (secondary N) is 2. The van der Waals surface area contributed by atoms with E-state index in [4.69, 9.17) is 4.74 Å². The number of rotatable bonds is 11. The van der Waals surface area contributed by atoms with Gasteiger partial charge in [-0.2, -0.15) is 12.6 Å². The number of nitrogens with zero attached hydrogens (tertiary/aromatic N) is 1. The molecule has 8 heteroatoms. The van der Waals surface area contributed by atoms with Crippen molar-refractivity contribution in [1.29, 1.82) is 0 Å². The van der Waals surface area contributed by atoms with Gasteiger partial charge in [0.1, 0.15) is 17.7 Å². The summed E-state index contributed by atoms with van der Waals surface area (Å²) >= 11 is 4.33. The molecule has 7 nitrogen and oxygen atoms in total. The lowest BCUT2D eigenvalue weighted by atomic mass is 9.93. The molecule has 34 heavy (non-hydrogen) atoms. The second-order valence-corrected chi connectivity index (χ2v) is 10.4. The van der Waals surface area contributed by atoms with Crippen LogP contribution >= 0.6 is 12.6 Å². The Labute approximate surface area is 210 Å². The molecule has 1 aromatic rings. The van der Waals surface area contributed by atoms with Gasteiger partial charge in [0.2, 0.25) is 11.8 Å². The molecule has 0 aliphatic heterocycles. The number of hydrogen-bond acceptors (Lipinski definition) is 5. The molecule has 3 amide bonds. The molecule has 2 unspecified atom stereocenters. The highest BCUT2D eigenvalue weighted by Crippen LogP contribution is 2.29. The predicted octanol–water partition coefficient (Wildman–Crippen LogP) is 4.71. The lowest BCUT2D eigenvalue weighted by molar-refractivity contribution is -0.142. The quantitative estimate of drug-likeness (QED) is 0.308. The van der Waals surface area contributed by atoms with Crippen LogP contribution in [0.25, 0.3) is 0 Å². The average Bonchev–Trinajstić information content (AvgIpc) is 2.70. The largest absolute Gasteiger partial charge is 0.444 e. The number of thiol groups is 1. The highest BCUT2D eigenvalue weighted by Gasteiger charge is 2.37. The highest BCUT2D eigenvalue weighted by molar-refractivity contribution is 7.80. The number of ether oxygens (including phenoxy) is 1. The van der Waals surface area contributed by atoms with E-state index in [-0.39, 0.29) is 23.6 Å². The Morgan fingerprint density at radius 1 is 1.06 bits per heavy atom. The van der Waals surface area contributed by atoms with Gasteiger partial charge >= 0.3 is 6.09 Å². The van der Waals surface area contributed by atoms with Crippen LogP contribution in [0.2, 0.25) is 0 Å². The van der Waals surface area contributed by atoms with Crippen molar-refractivity contribution in [2.75, 3.05) is 12.3 Å². The van der Waals surface area contributed by atoms with Gasteiger partial charge in [0, 0.05) is 18.3 Å². The summed E-state index contributed by atoms with van der Waals surface area (Å²) in [5.74, 6) is -0.524. The Hall–Kier alpha value is -2.22. The maximum Gasteiger partial charge on any atom is 0.408 e. The molecule has 1 rings (SSSR count). The third kappa shape index (κ3) is 9.20. The monoisotopic (exact) mass is 493 g/mol. The average molecular weight is 494 g/mol. The van der Waals surface area contributed by atoms with Crippen molar-refractivity contribution >= 4 is 30.5 Å². The van der Waals surface area contributed by atoms with E-state index in [1.54, 1.807) is 25.7 Å². The number of alkyl carbamates (subject to hydrolysis) is 1. The van der Waals surface area contributed by atoms with Crippen molar-refractivity contribution in [3.63, 3.8) is 0 Å². The number of amides is 3. The molecule has 0 heterocycles. The Morgan fingerprint density at radius 2 is 1.65 bits per heavy atom. The topological polar surface area (TPSA) is 87.7 Å². The molecular formula is C26H43N3O4S. The number of benzene rings is 1. The third-order valence-corrected chi connectivity index (χ3v) is 5.63. The van der Waals surface area contributed by atoms with Crippen molar-refractivity contribution in [1.82, 2.24) is 15.5 Å². The number of unbranched alkanes of at least 4 members (excludes halogenated alkanes) is 2. The molecule has 2 atom stereocenters. The van der Waals surface area contributed by atoms with E-state index in [2.05, 4.69) is 30.2 Å². The smallest absolute Gasteiger partial charge is 0.408 e. The number of carbonyl (C=O) groups excluding carboxylic acids is 3. The van der Waals surface area contributed by atoms with E-state index < -0.39 is 23.8 Å². The van der Waals surface area contributed by atoms with Gasteiger partial charge in [0.25, 0.3) is 0 Å². The molecule has 0 bridgehead atoms. The van der Waals surface area contributed by atoms with Crippen molar-refractivity contribution in [3.8, 4) is 0 Å². The fourth-order valence-corrected chi connectivity index (χ4v) is 4.03. The highest BCUT2D eigenvalue weighted by atomic mass is 32.1. The minimum absolute atomic E-state index is 0.0770. The maximum absolute atomic E-state index is 13.8. The molecule has 0 fully saturated rings.